The highest BCUT2D eigenvalue weighted by Crippen LogP contribution is 2.30. The zero-order valence-electron chi connectivity index (χ0n) is 16.3. The fraction of sp³-hybridized carbons (Fsp3) is 0.500. The van der Waals surface area contributed by atoms with Crippen molar-refractivity contribution in [3.05, 3.63) is 61.2 Å². The van der Waals surface area contributed by atoms with E-state index in [0.29, 0.717) is 36.5 Å². The molecule has 2 aromatic rings. The van der Waals surface area contributed by atoms with Crippen molar-refractivity contribution in [1.82, 2.24) is 19.9 Å². The second-order valence-corrected chi connectivity index (χ2v) is 7.34. The molecule has 0 spiro atoms. The Morgan fingerprint density at radius 3 is 2.59 bits per heavy atom. The van der Waals surface area contributed by atoms with Crippen LogP contribution in [0.25, 0.3) is 0 Å². The maximum absolute atomic E-state index is 13.0. The SMILES string of the molecule is CCc1c(C)nc([C@H]2CCCN2C(=O)c2ccc(C(C)C)[nH]c2=O)[nH]c1=O. The van der Waals surface area contributed by atoms with Crippen molar-refractivity contribution in [3.63, 3.8) is 0 Å². The molecule has 3 rings (SSSR count). The highest BCUT2D eigenvalue weighted by atomic mass is 16.2. The number of likely N-dealkylation sites (tertiary alicyclic amines) is 1. The predicted molar refractivity (Wildman–Crippen MR) is 103 cm³/mol. The molecule has 1 aliphatic heterocycles. The summed E-state index contributed by atoms with van der Waals surface area (Å²) in [6.07, 6.45) is 2.12. The number of aryl methyl sites for hydroxylation is 1. The van der Waals surface area contributed by atoms with E-state index in [9.17, 15) is 14.4 Å². The van der Waals surface area contributed by atoms with E-state index in [1.54, 1.807) is 17.0 Å². The normalized spacial score (nSPS) is 16.9. The maximum atomic E-state index is 13.0. The van der Waals surface area contributed by atoms with Gasteiger partial charge in [-0.3, -0.25) is 14.4 Å². The Hall–Kier alpha value is -2.70. The summed E-state index contributed by atoms with van der Waals surface area (Å²) in [5.41, 5.74) is 1.74. The maximum Gasteiger partial charge on any atom is 0.261 e. The van der Waals surface area contributed by atoms with Crippen molar-refractivity contribution in [2.45, 2.75) is 58.9 Å². The molecule has 3 heterocycles. The van der Waals surface area contributed by atoms with Crippen LogP contribution in [0, 0.1) is 6.92 Å². The molecule has 0 bridgehead atoms. The highest BCUT2D eigenvalue weighted by molar-refractivity contribution is 5.94. The summed E-state index contributed by atoms with van der Waals surface area (Å²) in [4.78, 5) is 49.5. The van der Waals surface area contributed by atoms with E-state index in [4.69, 9.17) is 0 Å². The molecule has 0 saturated carbocycles. The summed E-state index contributed by atoms with van der Waals surface area (Å²) in [5, 5.41) is 0. The molecule has 0 radical (unpaired) electrons. The molecule has 1 fully saturated rings. The molecule has 7 heteroatoms. The first-order chi connectivity index (χ1) is 12.8. The van der Waals surface area contributed by atoms with E-state index in [1.165, 1.54) is 0 Å². The molecule has 0 aromatic carbocycles. The molecule has 27 heavy (non-hydrogen) atoms. The number of hydrogen-bond acceptors (Lipinski definition) is 4. The van der Waals surface area contributed by atoms with Crippen LogP contribution >= 0.6 is 0 Å². The number of pyridine rings is 1. The first kappa shape index (κ1) is 19.1. The van der Waals surface area contributed by atoms with Gasteiger partial charge in [0.1, 0.15) is 11.4 Å². The van der Waals surface area contributed by atoms with Gasteiger partial charge in [-0.05, 0) is 44.2 Å². The van der Waals surface area contributed by atoms with Crippen molar-refractivity contribution >= 4 is 5.91 Å². The van der Waals surface area contributed by atoms with Crippen LogP contribution in [-0.4, -0.2) is 32.3 Å². The molecule has 1 atom stereocenters. The quantitative estimate of drug-likeness (QED) is 0.863. The second-order valence-electron chi connectivity index (χ2n) is 7.34. The molecule has 1 saturated heterocycles. The Morgan fingerprint density at radius 2 is 2.00 bits per heavy atom. The zero-order chi connectivity index (χ0) is 19.7. The lowest BCUT2D eigenvalue weighted by Crippen LogP contribution is -2.36. The van der Waals surface area contributed by atoms with Crippen LogP contribution in [0.1, 0.15) is 78.7 Å². The number of amides is 1. The average molecular weight is 370 g/mol. The number of nitrogens with one attached hydrogen (secondary N) is 2. The van der Waals surface area contributed by atoms with Crippen LogP contribution in [0.2, 0.25) is 0 Å². The molecular formula is C20H26N4O3. The number of carbonyl (C=O) groups excluding carboxylic acids is 1. The molecule has 144 valence electrons. The average Bonchev–Trinajstić information content (AvgIpc) is 3.10. The summed E-state index contributed by atoms with van der Waals surface area (Å²) < 4.78 is 0. The van der Waals surface area contributed by atoms with E-state index in [1.807, 2.05) is 27.7 Å². The molecule has 1 amide bonds. The molecule has 0 unspecified atom stereocenters. The number of hydrogen-bond donors (Lipinski definition) is 2. The fourth-order valence-corrected chi connectivity index (χ4v) is 3.65. The Balaban J connectivity index is 1.94. The summed E-state index contributed by atoms with van der Waals surface area (Å²) >= 11 is 0. The topological polar surface area (TPSA) is 98.9 Å². The lowest BCUT2D eigenvalue weighted by Gasteiger charge is -2.24. The standard InChI is InChI=1S/C20H26N4O3/c1-5-13-12(4)21-17(23-18(13)25)16-7-6-10-24(16)20(27)14-8-9-15(11(2)3)22-19(14)26/h8-9,11,16H,5-7,10H2,1-4H3,(H,22,26)(H,21,23,25)/t16-/m1/s1. The van der Waals surface area contributed by atoms with Crippen molar-refractivity contribution in [2.75, 3.05) is 6.54 Å². The van der Waals surface area contributed by atoms with Gasteiger partial charge in [0.15, 0.2) is 0 Å². The van der Waals surface area contributed by atoms with Gasteiger partial charge in [-0.25, -0.2) is 4.98 Å². The van der Waals surface area contributed by atoms with E-state index in [0.717, 1.165) is 12.1 Å². The van der Waals surface area contributed by atoms with Crippen molar-refractivity contribution in [2.24, 2.45) is 0 Å². The van der Waals surface area contributed by atoms with E-state index < -0.39 is 0 Å². The van der Waals surface area contributed by atoms with E-state index in [-0.39, 0.29) is 34.5 Å². The van der Waals surface area contributed by atoms with Gasteiger partial charge in [0, 0.05) is 23.5 Å². The molecule has 2 N–H and O–H groups in total. The van der Waals surface area contributed by atoms with Gasteiger partial charge in [-0.1, -0.05) is 20.8 Å². The van der Waals surface area contributed by atoms with Crippen molar-refractivity contribution in [1.29, 1.82) is 0 Å². The summed E-state index contributed by atoms with van der Waals surface area (Å²) in [6.45, 7) is 8.22. The van der Waals surface area contributed by atoms with Gasteiger partial charge in [0.2, 0.25) is 0 Å². The summed E-state index contributed by atoms with van der Waals surface area (Å²) in [5.74, 6) is 0.348. The summed E-state index contributed by atoms with van der Waals surface area (Å²) in [7, 11) is 0. The third-order valence-electron chi connectivity index (χ3n) is 5.21. The van der Waals surface area contributed by atoms with Gasteiger partial charge in [0.25, 0.3) is 17.0 Å². The Kier molecular flexibility index (Phi) is 5.30. The number of nitrogens with zero attached hydrogens (tertiary/aromatic N) is 2. The molecule has 1 aliphatic rings. The lowest BCUT2D eigenvalue weighted by atomic mass is 10.1. The van der Waals surface area contributed by atoms with Crippen LogP contribution in [0.4, 0.5) is 0 Å². The minimum atomic E-state index is -0.379. The number of rotatable bonds is 4. The predicted octanol–water partition coefficient (Wildman–Crippen LogP) is 2.43. The first-order valence-corrected chi connectivity index (χ1v) is 9.47. The molecule has 0 aliphatic carbocycles. The highest BCUT2D eigenvalue weighted by Gasteiger charge is 2.33. The van der Waals surface area contributed by atoms with Crippen molar-refractivity contribution in [3.8, 4) is 0 Å². The van der Waals surface area contributed by atoms with Gasteiger partial charge in [0.05, 0.1) is 6.04 Å². The largest absolute Gasteiger partial charge is 0.328 e. The minimum absolute atomic E-state index is 0.121. The second kappa shape index (κ2) is 7.50. The third-order valence-corrected chi connectivity index (χ3v) is 5.21. The minimum Gasteiger partial charge on any atom is -0.328 e. The Morgan fingerprint density at radius 1 is 1.26 bits per heavy atom. The van der Waals surface area contributed by atoms with Gasteiger partial charge in [-0.2, -0.15) is 0 Å². The number of aromatic nitrogens is 3. The monoisotopic (exact) mass is 370 g/mol. The number of H-pyrrole nitrogens is 2. The first-order valence-electron chi connectivity index (χ1n) is 9.47. The van der Waals surface area contributed by atoms with Crippen LogP contribution < -0.4 is 11.1 Å². The Labute approximate surface area is 157 Å². The van der Waals surface area contributed by atoms with E-state index in [2.05, 4.69) is 15.0 Å². The van der Waals surface area contributed by atoms with Crippen molar-refractivity contribution < 1.29 is 4.79 Å². The van der Waals surface area contributed by atoms with Crippen LogP contribution in [0.5, 0.6) is 0 Å². The molecular weight excluding hydrogens is 344 g/mol. The van der Waals surface area contributed by atoms with Gasteiger partial charge >= 0.3 is 0 Å². The molecule has 7 nitrogen and oxygen atoms in total. The number of carbonyl (C=O) groups is 1. The van der Waals surface area contributed by atoms with E-state index >= 15 is 0 Å². The number of aromatic amines is 2. The van der Waals surface area contributed by atoms with Crippen LogP contribution in [0.15, 0.2) is 21.7 Å². The fourth-order valence-electron chi connectivity index (χ4n) is 3.65. The van der Waals surface area contributed by atoms with Gasteiger partial charge in [-0.15, -0.1) is 0 Å². The van der Waals surface area contributed by atoms with Crippen LogP contribution in [-0.2, 0) is 6.42 Å². The Bertz CT molecular complexity index is 974. The smallest absolute Gasteiger partial charge is 0.261 e. The van der Waals surface area contributed by atoms with Crippen LogP contribution in [0.3, 0.4) is 0 Å². The summed E-state index contributed by atoms with van der Waals surface area (Å²) in [6, 6.07) is 3.05. The lowest BCUT2D eigenvalue weighted by molar-refractivity contribution is 0.0727. The van der Waals surface area contributed by atoms with Gasteiger partial charge < -0.3 is 14.9 Å². The molecule has 2 aromatic heterocycles. The third kappa shape index (κ3) is 3.59. The zero-order valence-corrected chi connectivity index (χ0v) is 16.3.